The van der Waals surface area contributed by atoms with E-state index in [4.69, 9.17) is 10.00 Å². The summed E-state index contributed by atoms with van der Waals surface area (Å²) in [5, 5.41) is 12.9. The summed E-state index contributed by atoms with van der Waals surface area (Å²) in [6.07, 6.45) is 2.92. The zero-order chi connectivity index (χ0) is 11.5. The number of nitrogens with zero attached hydrogens (tertiary/aromatic N) is 5. The Balaban J connectivity index is 2.34. The fraction of sp³-hybridized carbons (Fsp3) is 0.200. The van der Waals surface area contributed by atoms with E-state index in [0.29, 0.717) is 5.88 Å². The summed E-state index contributed by atoms with van der Waals surface area (Å²) in [5.41, 5.74) is 0.987. The number of hydrogen-bond donors (Lipinski definition) is 0. The van der Waals surface area contributed by atoms with Crippen LogP contribution in [0.5, 0.6) is 11.8 Å². The molecule has 2 aromatic heterocycles. The number of aromatic nitrogens is 4. The van der Waals surface area contributed by atoms with Crippen molar-refractivity contribution in [2.75, 3.05) is 0 Å². The molecule has 2 heterocycles. The average Bonchev–Trinajstić information content (AvgIpc) is 2.58. The van der Waals surface area contributed by atoms with Crippen LogP contribution in [-0.4, -0.2) is 19.7 Å². The van der Waals surface area contributed by atoms with Crippen molar-refractivity contribution in [3.05, 3.63) is 29.8 Å². The third kappa shape index (κ3) is 1.83. The first kappa shape index (κ1) is 10.1. The molecule has 0 aliphatic heterocycles. The maximum atomic E-state index is 8.82. The van der Waals surface area contributed by atoms with E-state index in [-0.39, 0.29) is 11.6 Å². The molecular weight excluding hydrogens is 206 g/mol. The Bertz CT molecular complexity index is 555. The predicted octanol–water partition coefficient (Wildman–Crippen LogP) is 1.18. The van der Waals surface area contributed by atoms with Crippen LogP contribution in [0.15, 0.2) is 18.5 Å². The van der Waals surface area contributed by atoms with Gasteiger partial charge in [0.25, 0.3) is 5.88 Å². The van der Waals surface area contributed by atoms with Gasteiger partial charge in [-0.3, -0.25) is 0 Å². The van der Waals surface area contributed by atoms with Crippen LogP contribution >= 0.6 is 0 Å². The first-order valence-electron chi connectivity index (χ1n) is 4.60. The summed E-state index contributed by atoms with van der Waals surface area (Å²) < 4.78 is 7.03. The lowest BCUT2D eigenvalue weighted by Gasteiger charge is -2.04. The Kier molecular flexibility index (Phi) is 2.52. The fourth-order valence-electron chi connectivity index (χ4n) is 1.26. The minimum absolute atomic E-state index is 0.154. The smallest absolute Gasteiger partial charge is 0.258 e. The van der Waals surface area contributed by atoms with Crippen molar-refractivity contribution in [1.29, 1.82) is 5.26 Å². The molecule has 0 radical (unpaired) electrons. The molecule has 16 heavy (non-hydrogen) atoms. The Morgan fingerprint density at radius 2 is 2.12 bits per heavy atom. The number of aryl methyl sites for hydroxylation is 2. The van der Waals surface area contributed by atoms with Gasteiger partial charge < -0.3 is 4.74 Å². The summed E-state index contributed by atoms with van der Waals surface area (Å²) in [6, 6.07) is 3.67. The topological polar surface area (TPSA) is 76.6 Å². The van der Waals surface area contributed by atoms with E-state index >= 15 is 0 Å². The molecular formula is C10H9N5O. The monoisotopic (exact) mass is 215 g/mol. The number of hydrogen-bond acceptors (Lipinski definition) is 5. The molecule has 6 heteroatoms. The van der Waals surface area contributed by atoms with Gasteiger partial charge in [-0.1, -0.05) is 0 Å². The SMILES string of the molecule is Cc1cc(Oc2nccnc2C#N)n(C)n1. The van der Waals surface area contributed by atoms with Gasteiger partial charge in [0, 0.05) is 25.5 Å². The van der Waals surface area contributed by atoms with Crippen molar-refractivity contribution in [3.8, 4) is 17.8 Å². The van der Waals surface area contributed by atoms with Crippen LogP contribution in [0.25, 0.3) is 0 Å². The molecule has 0 spiro atoms. The van der Waals surface area contributed by atoms with Gasteiger partial charge in [-0.25, -0.2) is 14.6 Å². The van der Waals surface area contributed by atoms with Crippen LogP contribution < -0.4 is 4.74 Å². The van der Waals surface area contributed by atoms with Crippen molar-refractivity contribution in [2.24, 2.45) is 7.05 Å². The van der Waals surface area contributed by atoms with Gasteiger partial charge in [0.05, 0.1) is 5.69 Å². The Labute approximate surface area is 92.1 Å². The summed E-state index contributed by atoms with van der Waals surface area (Å²) in [6.45, 7) is 1.86. The van der Waals surface area contributed by atoms with Crippen LogP contribution in [0.3, 0.4) is 0 Å². The van der Waals surface area contributed by atoms with E-state index < -0.39 is 0 Å². The highest BCUT2D eigenvalue weighted by molar-refractivity contribution is 5.33. The Hall–Kier alpha value is -2.42. The average molecular weight is 215 g/mol. The minimum Gasteiger partial charge on any atom is -0.418 e. The summed E-state index contributed by atoms with van der Waals surface area (Å²) in [4.78, 5) is 7.80. The van der Waals surface area contributed by atoms with Gasteiger partial charge in [0.1, 0.15) is 6.07 Å². The van der Waals surface area contributed by atoms with Crippen molar-refractivity contribution < 1.29 is 4.74 Å². The first-order valence-corrected chi connectivity index (χ1v) is 4.60. The molecule has 0 bridgehead atoms. The molecule has 0 unspecified atom stereocenters. The molecule has 2 aromatic rings. The lowest BCUT2D eigenvalue weighted by atomic mass is 10.4. The van der Waals surface area contributed by atoms with Crippen LogP contribution in [0, 0.1) is 18.3 Å². The number of ether oxygens (including phenoxy) is 1. The molecule has 2 rings (SSSR count). The molecule has 0 N–H and O–H groups in total. The van der Waals surface area contributed by atoms with Gasteiger partial charge in [0.2, 0.25) is 11.6 Å². The van der Waals surface area contributed by atoms with E-state index in [0.717, 1.165) is 5.69 Å². The normalized spacial score (nSPS) is 9.81. The van der Waals surface area contributed by atoms with Crippen LogP contribution in [0.4, 0.5) is 0 Å². The second kappa shape index (κ2) is 3.98. The molecule has 0 atom stereocenters. The molecule has 0 saturated carbocycles. The van der Waals surface area contributed by atoms with Gasteiger partial charge in [-0.2, -0.15) is 10.4 Å². The summed E-state index contributed by atoms with van der Waals surface area (Å²) in [7, 11) is 1.75. The quantitative estimate of drug-likeness (QED) is 0.751. The molecule has 0 fully saturated rings. The lowest BCUT2D eigenvalue weighted by Crippen LogP contribution is -1.99. The standard InChI is InChI=1S/C10H9N5O/c1-7-5-9(15(2)14-7)16-10-8(6-11)12-3-4-13-10/h3-5H,1-2H3. The maximum absolute atomic E-state index is 8.82. The maximum Gasteiger partial charge on any atom is 0.258 e. The zero-order valence-corrected chi connectivity index (χ0v) is 8.88. The molecule has 0 amide bonds. The summed E-state index contributed by atoms with van der Waals surface area (Å²) >= 11 is 0. The lowest BCUT2D eigenvalue weighted by molar-refractivity contribution is 0.412. The minimum atomic E-state index is 0.154. The van der Waals surface area contributed by atoms with Gasteiger partial charge >= 0.3 is 0 Å². The van der Waals surface area contributed by atoms with Crippen LogP contribution in [0.1, 0.15) is 11.4 Å². The second-order valence-electron chi connectivity index (χ2n) is 3.17. The first-order chi connectivity index (χ1) is 7.70. The van der Waals surface area contributed by atoms with E-state index in [1.165, 1.54) is 12.4 Å². The molecule has 0 saturated heterocycles. The Morgan fingerprint density at radius 1 is 1.38 bits per heavy atom. The Morgan fingerprint density at radius 3 is 2.75 bits per heavy atom. The zero-order valence-electron chi connectivity index (χ0n) is 8.88. The number of nitriles is 1. The second-order valence-corrected chi connectivity index (χ2v) is 3.17. The molecule has 80 valence electrons. The van der Waals surface area contributed by atoms with Crippen molar-refractivity contribution >= 4 is 0 Å². The van der Waals surface area contributed by atoms with E-state index in [9.17, 15) is 0 Å². The van der Waals surface area contributed by atoms with Crippen molar-refractivity contribution in [1.82, 2.24) is 19.7 Å². The largest absolute Gasteiger partial charge is 0.418 e. The molecule has 0 aliphatic rings. The summed E-state index contributed by atoms with van der Waals surface area (Å²) in [5.74, 6) is 0.711. The van der Waals surface area contributed by atoms with Crippen LogP contribution in [0.2, 0.25) is 0 Å². The van der Waals surface area contributed by atoms with Crippen molar-refractivity contribution in [3.63, 3.8) is 0 Å². The van der Waals surface area contributed by atoms with Crippen molar-refractivity contribution in [2.45, 2.75) is 6.92 Å². The van der Waals surface area contributed by atoms with Crippen LogP contribution in [-0.2, 0) is 7.05 Å². The van der Waals surface area contributed by atoms with E-state index in [1.54, 1.807) is 17.8 Å². The molecule has 6 nitrogen and oxygen atoms in total. The highest BCUT2D eigenvalue weighted by Gasteiger charge is 2.10. The van der Waals surface area contributed by atoms with Gasteiger partial charge in [-0.05, 0) is 6.92 Å². The number of rotatable bonds is 2. The third-order valence-electron chi connectivity index (χ3n) is 1.93. The van der Waals surface area contributed by atoms with E-state index in [1.807, 2.05) is 13.0 Å². The van der Waals surface area contributed by atoms with E-state index in [2.05, 4.69) is 15.1 Å². The van der Waals surface area contributed by atoms with Gasteiger partial charge in [-0.15, -0.1) is 0 Å². The van der Waals surface area contributed by atoms with Gasteiger partial charge in [0.15, 0.2) is 0 Å². The molecule has 0 aliphatic carbocycles. The molecule has 0 aromatic carbocycles. The third-order valence-corrected chi connectivity index (χ3v) is 1.93. The highest BCUT2D eigenvalue weighted by atomic mass is 16.5. The fourth-order valence-corrected chi connectivity index (χ4v) is 1.26. The highest BCUT2D eigenvalue weighted by Crippen LogP contribution is 2.20. The predicted molar refractivity (Wildman–Crippen MR) is 54.8 cm³/mol.